The van der Waals surface area contributed by atoms with Crippen molar-refractivity contribution in [1.82, 2.24) is 10.2 Å². The molecule has 1 saturated heterocycles. The summed E-state index contributed by atoms with van der Waals surface area (Å²) in [6.07, 6.45) is -3.18. The van der Waals surface area contributed by atoms with Gasteiger partial charge in [-0.25, -0.2) is 0 Å². The lowest BCUT2D eigenvalue weighted by atomic mass is 10.00. The highest BCUT2D eigenvalue weighted by Gasteiger charge is 2.34. The van der Waals surface area contributed by atoms with Gasteiger partial charge in [0, 0.05) is 12.6 Å². The van der Waals surface area contributed by atoms with Crippen molar-refractivity contribution in [3.05, 3.63) is 35.4 Å². The van der Waals surface area contributed by atoms with E-state index in [2.05, 4.69) is 17.3 Å². The molecule has 2 nitrogen and oxygen atoms in total. The van der Waals surface area contributed by atoms with E-state index in [1.807, 2.05) is 0 Å². The number of rotatable bonds is 4. The molecule has 112 valence electrons. The Morgan fingerprint density at radius 2 is 2.05 bits per heavy atom. The van der Waals surface area contributed by atoms with Crippen LogP contribution in [-0.4, -0.2) is 31.6 Å². The van der Waals surface area contributed by atoms with Gasteiger partial charge >= 0.3 is 6.18 Å². The van der Waals surface area contributed by atoms with E-state index in [1.54, 1.807) is 19.1 Å². The van der Waals surface area contributed by atoms with Crippen molar-refractivity contribution in [2.24, 2.45) is 5.92 Å². The Bertz CT molecular complexity index is 445. The Morgan fingerprint density at radius 3 is 2.65 bits per heavy atom. The van der Waals surface area contributed by atoms with Gasteiger partial charge in [-0.2, -0.15) is 13.2 Å². The van der Waals surface area contributed by atoms with Gasteiger partial charge in [-0.15, -0.1) is 0 Å². The first kappa shape index (κ1) is 15.3. The molecule has 1 aliphatic heterocycles. The van der Waals surface area contributed by atoms with Crippen LogP contribution in [-0.2, 0) is 6.18 Å². The maximum absolute atomic E-state index is 13.0. The topological polar surface area (TPSA) is 15.3 Å². The zero-order valence-corrected chi connectivity index (χ0v) is 11.9. The van der Waals surface area contributed by atoms with Gasteiger partial charge in [-0.1, -0.05) is 18.2 Å². The third-order valence-corrected chi connectivity index (χ3v) is 3.93. The SMILES string of the molecule is CC(NCC1CCN(C)C1)c1ccccc1C(F)(F)F. The van der Waals surface area contributed by atoms with Crippen LogP contribution in [0.1, 0.15) is 30.5 Å². The molecule has 1 aliphatic rings. The predicted octanol–water partition coefficient (Wildman–Crippen LogP) is 3.31. The van der Waals surface area contributed by atoms with Crippen molar-refractivity contribution >= 4 is 0 Å². The molecular formula is C15H21F3N2. The van der Waals surface area contributed by atoms with Gasteiger partial charge in [-0.3, -0.25) is 0 Å². The molecule has 0 aliphatic carbocycles. The van der Waals surface area contributed by atoms with E-state index in [-0.39, 0.29) is 6.04 Å². The number of halogens is 3. The number of hydrogen-bond acceptors (Lipinski definition) is 2. The van der Waals surface area contributed by atoms with E-state index in [0.717, 1.165) is 32.1 Å². The van der Waals surface area contributed by atoms with Crippen molar-refractivity contribution < 1.29 is 13.2 Å². The molecule has 0 amide bonds. The van der Waals surface area contributed by atoms with Crippen LogP contribution in [0.5, 0.6) is 0 Å². The number of nitrogens with zero attached hydrogens (tertiary/aromatic N) is 1. The Morgan fingerprint density at radius 1 is 1.35 bits per heavy atom. The maximum Gasteiger partial charge on any atom is 0.416 e. The highest BCUT2D eigenvalue weighted by molar-refractivity contribution is 5.32. The van der Waals surface area contributed by atoms with Crippen LogP contribution in [0, 0.1) is 5.92 Å². The van der Waals surface area contributed by atoms with E-state index >= 15 is 0 Å². The highest BCUT2D eigenvalue weighted by atomic mass is 19.4. The molecule has 1 fully saturated rings. The first-order chi connectivity index (χ1) is 9.38. The molecule has 0 aromatic heterocycles. The number of likely N-dealkylation sites (tertiary alicyclic amines) is 1. The second-order valence-electron chi connectivity index (χ2n) is 5.63. The zero-order chi connectivity index (χ0) is 14.8. The average Bonchev–Trinajstić information content (AvgIpc) is 2.81. The summed E-state index contributed by atoms with van der Waals surface area (Å²) in [5.41, 5.74) is -0.213. The minimum atomic E-state index is -4.29. The second kappa shape index (κ2) is 6.14. The van der Waals surface area contributed by atoms with Gasteiger partial charge in [0.25, 0.3) is 0 Å². The van der Waals surface area contributed by atoms with Crippen LogP contribution >= 0.6 is 0 Å². The molecule has 20 heavy (non-hydrogen) atoms. The summed E-state index contributed by atoms with van der Waals surface area (Å²) in [5.74, 6) is 0.528. The number of benzene rings is 1. The van der Waals surface area contributed by atoms with Crippen LogP contribution in [0.2, 0.25) is 0 Å². The summed E-state index contributed by atoms with van der Waals surface area (Å²) in [7, 11) is 2.07. The van der Waals surface area contributed by atoms with Gasteiger partial charge in [0.1, 0.15) is 0 Å². The number of alkyl halides is 3. The molecule has 1 N–H and O–H groups in total. The van der Waals surface area contributed by atoms with Crippen molar-refractivity contribution in [1.29, 1.82) is 0 Å². The van der Waals surface area contributed by atoms with Gasteiger partial charge in [0.2, 0.25) is 0 Å². The summed E-state index contributed by atoms with van der Waals surface area (Å²) in [6, 6.07) is 5.51. The molecule has 2 rings (SSSR count). The van der Waals surface area contributed by atoms with Crippen molar-refractivity contribution in [2.45, 2.75) is 25.6 Å². The summed E-state index contributed by atoms with van der Waals surface area (Å²) >= 11 is 0. The molecule has 1 heterocycles. The highest BCUT2D eigenvalue weighted by Crippen LogP contribution is 2.34. The Kier molecular flexibility index (Phi) is 4.70. The molecule has 0 bridgehead atoms. The van der Waals surface area contributed by atoms with Gasteiger partial charge in [0.15, 0.2) is 0 Å². The van der Waals surface area contributed by atoms with Crippen LogP contribution in [0.15, 0.2) is 24.3 Å². The summed E-state index contributed by atoms with van der Waals surface area (Å²) < 4.78 is 38.9. The third kappa shape index (κ3) is 3.73. The standard InChI is InChI=1S/C15H21F3N2/c1-11(19-9-12-7-8-20(2)10-12)13-5-3-4-6-14(13)15(16,17)18/h3-6,11-12,19H,7-10H2,1-2H3. The van der Waals surface area contributed by atoms with Crippen molar-refractivity contribution in [3.8, 4) is 0 Å². The zero-order valence-electron chi connectivity index (χ0n) is 11.9. The Hall–Kier alpha value is -1.07. The van der Waals surface area contributed by atoms with E-state index in [9.17, 15) is 13.2 Å². The largest absolute Gasteiger partial charge is 0.416 e. The summed E-state index contributed by atoms with van der Waals surface area (Å²) in [5, 5.41) is 3.25. The minimum absolute atomic E-state index is 0.293. The molecule has 2 atom stereocenters. The molecule has 0 spiro atoms. The van der Waals surface area contributed by atoms with Crippen LogP contribution in [0.25, 0.3) is 0 Å². The second-order valence-corrected chi connectivity index (χ2v) is 5.63. The number of hydrogen-bond donors (Lipinski definition) is 1. The van der Waals surface area contributed by atoms with Gasteiger partial charge in [-0.05, 0) is 51.0 Å². The number of nitrogens with one attached hydrogen (secondary N) is 1. The monoisotopic (exact) mass is 286 g/mol. The lowest BCUT2D eigenvalue weighted by Crippen LogP contribution is -2.28. The smallest absolute Gasteiger partial charge is 0.310 e. The summed E-state index contributed by atoms with van der Waals surface area (Å²) in [6.45, 7) is 4.64. The minimum Gasteiger partial charge on any atom is -0.310 e. The maximum atomic E-state index is 13.0. The van der Waals surface area contributed by atoms with Gasteiger partial charge in [0.05, 0.1) is 5.56 Å². The lowest BCUT2D eigenvalue weighted by molar-refractivity contribution is -0.138. The van der Waals surface area contributed by atoms with Crippen LogP contribution < -0.4 is 5.32 Å². The van der Waals surface area contributed by atoms with E-state index in [0.29, 0.717) is 11.5 Å². The molecule has 0 saturated carbocycles. The van der Waals surface area contributed by atoms with Crippen LogP contribution in [0.3, 0.4) is 0 Å². The van der Waals surface area contributed by atoms with Gasteiger partial charge < -0.3 is 10.2 Å². The third-order valence-electron chi connectivity index (χ3n) is 3.93. The lowest BCUT2D eigenvalue weighted by Gasteiger charge is -2.21. The Labute approximate surface area is 118 Å². The van der Waals surface area contributed by atoms with Crippen LogP contribution in [0.4, 0.5) is 13.2 Å². The molecule has 1 aromatic rings. The summed E-state index contributed by atoms with van der Waals surface area (Å²) in [4.78, 5) is 2.25. The molecule has 2 unspecified atom stereocenters. The fourth-order valence-corrected chi connectivity index (χ4v) is 2.78. The van der Waals surface area contributed by atoms with Crippen molar-refractivity contribution in [3.63, 3.8) is 0 Å². The van der Waals surface area contributed by atoms with E-state index in [1.165, 1.54) is 6.07 Å². The predicted molar refractivity (Wildman–Crippen MR) is 73.5 cm³/mol. The quantitative estimate of drug-likeness (QED) is 0.913. The average molecular weight is 286 g/mol. The fourth-order valence-electron chi connectivity index (χ4n) is 2.78. The molecule has 0 radical (unpaired) electrons. The first-order valence-electron chi connectivity index (χ1n) is 6.96. The molecular weight excluding hydrogens is 265 g/mol. The van der Waals surface area contributed by atoms with E-state index in [4.69, 9.17) is 0 Å². The van der Waals surface area contributed by atoms with E-state index < -0.39 is 11.7 Å². The Balaban J connectivity index is 2.00. The first-order valence-corrected chi connectivity index (χ1v) is 6.96. The normalized spacial score (nSPS) is 22.1. The van der Waals surface area contributed by atoms with Crippen molar-refractivity contribution in [2.75, 3.05) is 26.7 Å². The molecule has 5 heteroatoms. The molecule has 1 aromatic carbocycles. The fraction of sp³-hybridized carbons (Fsp3) is 0.600.